The van der Waals surface area contributed by atoms with E-state index in [1.807, 2.05) is 0 Å². The van der Waals surface area contributed by atoms with Crippen LogP contribution >= 0.6 is 0 Å². The summed E-state index contributed by atoms with van der Waals surface area (Å²) in [7, 11) is 0. The highest BCUT2D eigenvalue weighted by Crippen LogP contribution is 2.23. The third kappa shape index (κ3) is 2.85. The van der Waals surface area contributed by atoms with Crippen molar-refractivity contribution < 1.29 is 13.6 Å². The van der Waals surface area contributed by atoms with E-state index in [4.69, 9.17) is 5.73 Å². The average Bonchev–Trinajstić information content (AvgIpc) is 2.35. The number of piperidine rings is 1. The molecule has 3 N–H and O–H groups in total. The van der Waals surface area contributed by atoms with Gasteiger partial charge in [0, 0.05) is 0 Å². The highest BCUT2D eigenvalue weighted by Gasteiger charge is 2.26. The molecule has 1 aromatic carbocycles. The maximum Gasteiger partial charge on any atom is 0.234 e. The Labute approximate surface area is 104 Å². The molecule has 0 bridgehead atoms. The number of amides is 1. The highest BCUT2D eigenvalue weighted by molar-refractivity contribution is 5.79. The summed E-state index contributed by atoms with van der Waals surface area (Å²) in [6.45, 7) is 0.676. The zero-order chi connectivity index (χ0) is 13.1. The third-order valence-electron chi connectivity index (χ3n) is 3.40. The van der Waals surface area contributed by atoms with Crippen LogP contribution in [0.3, 0.4) is 0 Å². The third-order valence-corrected chi connectivity index (χ3v) is 3.40. The lowest BCUT2D eigenvalue weighted by atomic mass is 9.87. The minimum absolute atomic E-state index is 0.153. The van der Waals surface area contributed by atoms with Crippen molar-refractivity contribution in [3.05, 3.63) is 35.4 Å². The zero-order valence-corrected chi connectivity index (χ0v) is 9.96. The first-order valence-electron chi connectivity index (χ1n) is 6.03. The van der Waals surface area contributed by atoms with E-state index in [1.54, 1.807) is 6.07 Å². The molecule has 1 aromatic rings. The highest BCUT2D eigenvalue weighted by atomic mass is 19.2. The Hall–Kier alpha value is -1.49. The van der Waals surface area contributed by atoms with Crippen molar-refractivity contribution in [2.24, 2.45) is 11.7 Å². The molecule has 2 rings (SSSR count). The summed E-state index contributed by atoms with van der Waals surface area (Å²) in [6.07, 6.45) is 1.85. The normalized spacial score (nSPS) is 23.9. The lowest BCUT2D eigenvalue weighted by Gasteiger charge is -2.28. The summed E-state index contributed by atoms with van der Waals surface area (Å²) < 4.78 is 26.6. The van der Waals surface area contributed by atoms with Crippen LogP contribution in [0.4, 0.5) is 8.78 Å². The van der Waals surface area contributed by atoms with Gasteiger partial charge in [-0.25, -0.2) is 8.78 Å². The summed E-state index contributed by atoms with van der Waals surface area (Å²) in [4.78, 5) is 11.1. The molecule has 2 atom stereocenters. The van der Waals surface area contributed by atoms with E-state index in [0.717, 1.165) is 12.5 Å². The van der Waals surface area contributed by atoms with Crippen LogP contribution in [0.5, 0.6) is 0 Å². The number of benzene rings is 1. The minimum Gasteiger partial charge on any atom is -0.368 e. The molecule has 18 heavy (non-hydrogen) atoms. The summed E-state index contributed by atoms with van der Waals surface area (Å²) in [5.41, 5.74) is 5.61. The molecule has 3 nitrogen and oxygen atoms in total. The van der Waals surface area contributed by atoms with Crippen molar-refractivity contribution in [1.29, 1.82) is 0 Å². The summed E-state index contributed by atoms with van der Waals surface area (Å²) in [5.74, 6) is -1.85. The molecule has 0 spiro atoms. The molecule has 1 saturated heterocycles. The number of halogens is 2. The SMILES string of the molecule is NC(=O)C1CC(Cc2cccc(F)c2F)CCN1. The fraction of sp³-hybridized carbons (Fsp3) is 0.462. The van der Waals surface area contributed by atoms with Gasteiger partial charge in [0.15, 0.2) is 11.6 Å². The second-order valence-electron chi connectivity index (χ2n) is 4.72. The van der Waals surface area contributed by atoms with Gasteiger partial charge in [-0.3, -0.25) is 4.79 Å². The average molecular weight is 254 g/mol. The van der Waals surface area contributed by atoms with E-state index in [2.05, 4.69) is 5.32 Å². The monoisotopic (exact) mass is 254 g/mol. The number of hydrogen-bond donors (Lipinski definition) is 2. The number of nitrogens with one attached hydrogen (secondary N) is 1. The van der Waals surface area contributed by atoms with Crippen molar-refractivity contribution in [2.45, 2.75) is 25.3 Å². The fourth-order valence-electron chi connectivity index (χ4n) is 2.42. The largest absolute Gasteiger partial charge is 0.368 e. The Morgan fingerprint density at radius 3 is 2.94 bits per heavy atom. The maximum atomic E-state index is 13.5. The van der Waals surface area contributed by atoms with E-state index in [9.17, 15) is 13.6 Å². The van der Waals surface area contributed by atoms with Crippen LogP contribution in [0.2, 0.25) is 0 Å². The predicted molar refractivity (Wildman–Crippen MR) is 63.8 cm³/mol. The minimum atomic E-state index is -0.826. The van der Waals surface area contributed by atoms with Gasteiger partial charge in [0.05, 0.1) is 6.04 Å². The van der Waals surface area contributed by atoms with Crippen LogP contribution in [0.1, 0.15) is 18.4 Å². The van der Waals surface area contributed by atoms with Gasteiger partial charge >= 0.3 is 0 Å². The van der Waals surface area contributed by atoms with Gasteiger partial charge in [-0.15, -0.1) is 0 Å². The Balaban J connectivity index is 2.05. The van der Waals surface area contributed by atoms with Crippen molar-refractivity contribution in [3.8, 4) is 0 Å². The Kier molecular flexibility index (Phi) is 3.91. The maximum absolute atomic E-state index is 13.5. The van der Waals surface area contributed by atoms with Gasteiger partial charge in [-0.2, -0.15) is 0 Å². The quantitative estimate of drug-likeness (QED) is 0.855. The van der Waals surface area contributed by atoms with Crippen LogP contribution in [0, 0.1) is 17.6 Å². The Morgan fingerprint density at radius 1 is 1.44 bits per heavy atom. The molecule has 0 aliphatic carbocycles. The summed E-state index contributed by atoms with van der Waals surface area (Å²) in [5, 5.41) is 3.02. The summed E-state index contributed by atoms with van der Waals surface area (Å²) in [6, 6.07) is 3.83. The van der Waals surface area contributed by atoms with Crippen molar-refractivity contribution in [2.75, 3.05) is 6.54 Å². The Morgan fingerprint density at radius 2 is 2.22 bits per heavy atom. The zero-order valence-electron chi connectivity index (χ0n) is 9.96. The molecule has 1 fully saturated rings. The van der Waals surface area contributed by atoms with Gasteiger partial charge in [0.25, 0.3) is 0 Å². The molecule has 0 saturated carbocycles. The van der Waals surface area contributed by atoms with Crippen LogP contribution in [-0.2, 0) is 11.2 Å². The number of hydrogen-bond acceptors (Lipinski definition) is 2. The smallest absolute Gasteiger partial charge is 0.234 e. The number of primary amides is 1. The van der Waals surface area contributed by atoms with Crippen LogP contribution in [0.15, 0.2) is 18.2 Å². The van der Waals surface area contributed by atoms with Crippen molar-refractivity contribution in [1.82, 2.24) is 5.32 Å². The molecule has 1 amide bonds. The lowest BCUT2D eigenvalue weighted by Crippen LogP contribution is -2.47. The molecule has 0 aromatic heterocycles. The Bertz CT molecular complexity index is 451. The fourth-order valence-corrected chi connectivity index (χ4v) is 2.42. The second kappa shape index (κ2) is 5.44. The van der Waals surface area contributed by atoms with E-state index in [0.29, 0.717) is 24.9 Å². The first-order chi connectivity index (χ1) is 8.58. The molecule has 5 heteroatoms. The number of rotatable bonds is 3. The molecule has 1 aliphatic heterocycles. The molecule has 0 radical (unpaired) electrons. The first-order valence-corrected chi connectivity index (χ1v) is 6.03. The summed E-state index contributed by atoms with van der Waals surface area (Å²) >= 11 is 0. The van der Waals surface area contributed by atoms with E-state index < -0.39 is 11.6 Å². The van der Waals surface area contributed by atoms with Gasteiger partial charge in [-0.1, -0.05) is 12.1 Å². The van der Waals surface area contributed by atoms with Gasteiger partial charge in [0.1, 0.15) is 0 Å². The molecule has 1 aliphatic rings. The van der Waals surface area contributed by atoms with Crippen molar-refractivity contribution >= 4 is 5.91 Å². The number of nitrogens with two attached hydrogens (primary N) is 1. The molecular formula is C13H16F2N2O. The molecule has 1 heterocycles. The molecule has 2 unspecified atom stereocenters. The van der Waals surface area contributed by atoms with Gasteiger partial charge in [0.2, 0.25) is 5.91 Å². The lowest BCUT2D eigenvalue weighted by molar-refractivity contribution is -0.120. The predicted octanol–water partition coefficient (Wildman–Crippen LogP) is 1.36. The first kappa shape index (κ1) is 13.0. The van der Waals surface area contributed by atoms with Crippen LogP contribution in [-0.4, -0.2) is 18.5 Å². The van der Waals surface area contributed by atoms with E-state index in [1.165, 1.54) is 6.07 Å². The van der Waals surface area contributed by atoms with Gasteiger partial charge in [-0.05, 0) is 43.4 Å². The van der Waals surface area contributed by atoms with E-state index in [-0.39, 0.29) is 17.9 Å². The van der Waals surface area contributed by atoms with Crippen molar-refractivity contribution in [3.63, 3.8) is 0 Å². The second-order valence-corrected chi connectivity index (χ2v) is 4.72. The number of carbonyl (C=O) groups is 1. The van der Waals surface area contributed by atoms with Crippen LogP contribution < -0.4 is 11.1 Å². The van der Waals surface area contributed by atoms with Crippen LogP contribution in [0.25, 0.3) is 0 Å². The molecular weight excluding hydrogens is 238 g/mol. The standard InChI is InChI=1S/C13H16F2N2O/c14-10-3-1-2-9(12(10)15)6-8-4-5-17-11(7-8)13(16)18/h1-3,8,11,17H,4-7H2,(H2,16,18). The van der Waals surface area contributed by atoms with Gasteiger partial charge < -0.3 is 11.1 Å². The van der Waals surface area contributed by atoms with E-state index >= 15 is 0 Å². The molecule has 98 valence electrons. The number of carbonyl (C=O) groups excluding carboxylic acids is 1. The topological polar surface area (TPSA) is 55.1 Å².